The fraction of sp³-hybridized carbons (Fsp3) is 0.300. The van der Waals surface area contributed by atoms with Gasteiger partial charge in [0.15, 0.2) is 0 Å². The van der Waals surface area contributed by atoms with Gasteiger partial charge in [0.2, 0.25) is 11.6 Å². The molecule has 0 bridgehead atoms. The molecule has 94 valence electrons. The molecule has 0 unspecified atom stereocenters. The lowest BCUT2D eigenvalue weighted by molar-refractivity contribution is 0.636. The van der Waals surface area contributed by atoms with Gasteiger partial charge in [0.05, 0.1) is 0 Å². The summed E-state index contributed by atoms with van der Waals surface area (Å²) < 4.78 is 2.85. The molecule has 2 rings (SSSR count). The second-order valence-corrected chi connectivity index (χ2v) is 4.07. The molecule has 0 aromatic carbocycles. The van der Waals surface area contributed by atoms with E-state index in [2.05, 4.69) is 15.1 Å². The van der Waals surface area contributed by atoms with E-state index in [9.17, 15) is 4.79 Å². The van der Waals surface area contributed by atoms with Gasteiger partial charge in [0.25, 0.3) is 5.56 Å². The van der Waals surface area contributed by atoms with Crippen LogP contribution in [0.2, 0.25) is 0 Å². The van der Waals surface area contributed by atoms with Crippen molar-refractivity contribution >= 4 is 17.2 Å². The molecule has 0 radical (unpaired) electrons. The number of hydrogen-bond donors (Lipinski definition) is 1. The first kappa shape index (κ1) is 12.4. The number of hydrogen-bond acceptors (Lipinski definition) is 5. The molecule has 0 fully saturated rings. The van der Waals surface area contributed by atoms with E-state index < -0.39 is 0 Å². The normalized spacial score (nSPS) is 10.5. The van der Waals surface area contributed by atoms with Crippen LogP contribution < -0.4 is 11.3 Å². The second kappa shape index (κ2) is 5.05. The summed E-state index contributed by atoms with van der Waals surface area (Å²) in [5.74, 6) is 0.401. The van der Waals surface area contributed by atoms with Gasteiger partial charge in [0.1, 0.15) is 11.3 Å². The van der Waals surface area contributed by atoms with Crippen molar-refractivity contribution in [3.63, 3.8) is 0 Å². The van der Waals surface area contributed by atoms with Crippen LogP contribution in [0.3, 0.4) is 0 Å². The van der Waals surface area contributed by atoms with E-state index in [1.54, 1.807) is 17.0 Å². The zero-order chi connectivity index (χ0) is 13.1. The standard InChI is InChI=1S/C10H12N6OS/c1-2-4-15-5-3-12-9(10(15)17)16-6-13-8(14-16)7(11)18/h3,5-6H,2,4H2,1H3,(H2,11,18). The van der Waals surface area contributed by atoms with Gasteiger partial charge in [-0.05, 0) is 6.42 Å². The zero-order valence-corrected chi connectivity index (χ0v) is 10.6. The van der Waals surface area contributed by atoms with Crippen LogP contribution in [-0.2, 0) is 6.54 Å². The van der Waals surface area contributed by atoms with Gasteiger partial charge in [-0.3, -0.25) is 4.79 Å². The molecule has 2 aromatic heterocycles. The second-order valence-electron chi connectivity index (χ2n) is 3.63. The smallest absolute Gasteiger partial charge is 0.295 e. The van der Waals surface area contributed by atoms with E-state index in [4.69, 9.17) is 18.0 Å². The highest BCUT2D eigenvalue weighted by atomic mass is 32.1. The van der Waals surface area contributed by atoms with Gasteiger partial charge in [-0.1, -0.05) is 19.1 Å². The Balaban J connectivity index is 2.47. The molecule has 8 heteroatoms. The van der Waals surface area contributed by atoms with Gasteiger partial charge in [0, 0.05) is 18.9 Å². The summed E-state index contributed by atoms with van der Waals surface area (Å²) in [7, 11) is 0. The lowest BCUT2D eigenvalue weighted by Crippen LogP contribution is -2.25. The molecule has 0 saturated heterocycles. The van der Waals surface area contributed by atoms with Gasteiger partial charge in [-0.15, -0.1) is 5.10 Å². The minimum atomic E-state index is -0.223. The highest BCUT2D eigenvalue weighted by Crippen LogP contribution is 1.97. The largest absolute Gasteiger partial charge is 0.387 e. The summed E-state index contributed by atoms with van der Waals surface area (Å²) in [6.45, 7) is 2.62. The molecular formula is C10H12N6OS. The predicted molar refractivity (Wildman–Crippen MR) is 69.6 cm³/mol. The number of aryl methyl sites for hydroxylation is 1. The van der Waals surface area contributed by atoms with E-state index in [0.29, 0.717) is 6.54 Å². The predicted octanol–water partition coefficient (Wildman–Crippen LogP) is -0.132. The summed E-state index contributed by atoms with van der Waals surface area (Å²) in [5.41, 5.74) is 5.19. The summed E-state index contributed by atoms with van der Waals surface area (Å²) in [6, 6.07) is 0. The van der Waals surface area contributed by atoms with Crippen molar-refractivity contribution in [3.8, 4) is 5.82 Å². The van der Waals surface area contributed by atoms with Crippen LogP contribution in [0, 0.1) is 0 Å². The highest BCUT2D eigenvalue weighted by Gasteiger charge is 2.10. The number of nitrogens with zero attached hydrogens (tertiary/aromatic N) is 5. The van der Waals surface area contributed by atoms with E-state index in [1.165, 1.54) is 11.0 Å². The first-order valence-electron chi connectivity index (χ1n) is 5.40. The maximum atomic E-state index is 12.1. The fourth-order valence-corrected chi connectivity index (χ4v) is 1.58. The molecular weight excluding hydrogens is 252 g/mol. The van der Waals surface area contributed by atoms with Crippen LogP contribution in [-0.4, -0.2) is 29.3 Å². The van der Waals surface area contributed by atoms with Crippen LogP contribution in [0.15, 0.2) is 23.5 Å². The Morgan fingerprint density at radius 3 is 2.89 bits per heavy atom. The van der Waals surface area contributed by atoms with E-state index in [1.807, 2.05) is 6.92 Å². The molecule has 0 aliphatic carbocycles. The highest BCUT2D eigenvalue weighted by molar-refractivity contribution is 7.80. The molecule has 0 saturated carbocycles. The summed E-state index contributed by atoms with van der Waals surface area (Å²) in [6.07, 6.45) is 5.42. The summed E-state index contributed by atoms with van der Waals surface area (Å²) >= 11 is 4.76. The van der Waals surface area contributed by atoms with Gasteiger partial charge in [-0.2, -0.15) is 4.68 Å². The maximum Gasteiger partial charge on any atom is 0.295 e. The minimum Gasteiger partial charge on any atom is -0.387 e. The van der Waals surface area contributed by atoms with Crippen molar-refractivity contribution in [1.29, 1.82) is 0 Å². The van der Waals surface area contributed by atoms with Crippen molar-refractivity contribution in [1.82, 2.24) is 24.3 Å². The monoisotopic (exact) mass is 264 g/mol. The van der Waals surface area contributed by atoms with Gasteiger partial charge in [-0.25, -0.2) is 9.97 Å². The quantitative estimate of drug-likeness (QED) is 0.773. The topological polar surface area (TPSA) is 91.6 Å². The molecule has 0 atom stereocenters. The first-order valence-corrected chi connectivity index (χ1v) is 5.81. The van der Waals surface area contributed by atoms with Crippen LogP contribution >= 0.6 is 12.2 Å². The Labute approximate surface area is 108 Å². The molecule has 0 aliphatic rings. The Morgan fingerprint density at radius 1 is 1.50 bits per heavy atom. The molecule has 18 heavy (non-hydrogen) atoms. The molecule has 7 nitrogen and oxygen atoms in total. The van der Waals surface area contributed by atoms with Gasteiger partial charge >= 0.3 is 0 Å². The van der Waals surface area contributed by atoms with E-state index in [-0.39, 0.29) is 22.2 Å². The third-order valence-corrected chi connectivity index (χ3v) is 2.47. The number of aromatic nitrogens is 5. The average molecular weight is 264 g/mol. The average Bonchev–Trinajstić information content (AvgIpc) is 2.81. The molecule has 2 aromatic rings. The van der Waals surface area contributed by atoms with Crippen molar-refractivity contribution < 1.29 is 0 Å². The molecule has 0 aliphatic heterocycles. The summed E-state index contributed by atoms with van der Waals surface area (Å²) in [4.78, 5) is 20.1. The first-order chi connectivity index (χ1) is 8.63. The van der Waals surface area contributed by atoms with Crippen molar-refractivity contribution in [2.75, 3.05) is 0 Å². The van der Waals surface area contributed by atoms with Crippen molar-refractivity contribution in [3.05, 3.63) is 34.9 Å². The number of thiocarbonyl (C=S) groups is 1. The lowest BCUT2D eigenvalue weighted by Gasteiger charge is -2.04. The Hall–Kier alpha value is -2.09. The van der Waals surface area contributed by atoms with E-state index >= 15 is 0 Å². The summed E-state index contributed by atoms with van der Waals surface area (Å²) in [5, 5.41) is 4.01. The lowest BCUT2D eigenvalue weighted by atomic mass is 10.4. The molecule has 0 amide bonds. The SMILES string of the molecule is CCCn1ccnc(-n2cnc(C(N)=S)n2)c1=O. The maximum absolute atomic E-state index is 12.1. The minimum absolute atomic E-state index is 0.0820. The molecule has 2 N–H and O–H groups in total. The van der Waals surface area contributed by atoms with Crippen LogP contribution in [0.4, 0.5) is 0 Å². The van der Waals surface area contributed by atoms with Gasteiger partial charge < -0.3 is 10.3 Å². The zero-order valence-electron chi connectivity index (χ0n) is 9.78. The fourth-order valence-electron chi connectivity index (χ4n) is 1.49. The Kier molecular flexibility index (Phi) is 3.47. The van der Waals surface area contributed by atoms with Crippen LogP contribution in [0.1, 0.15) is 19.2 Å². The third kappa shape index (κ3) is 2.28. The number of nitrogens with two attached hydrogens (primary N) is 1. The Morgan fingerprint density at radius 2 is 2.28 bits per heavy atom. The van der Waals surface area contributed by atoms with Crippen LogP contribution in [0.5, 0.6) is 0 Å². The molecule has 0 spiro atoms. The Bertz CT molecular complexity index is 631. The molecule has 2 heterocycles. The van der Waals surface area contributed by atoms with Crippen molar-refractivity contribution in [2.24, 2.45) is 5.73 Å². The van der Waals surface area contributed by atoms with Crippen LogP contribution in [0.25, 0.3) is 5.82 Å². The van der Waals surface area contributed by atoms with E-state index in [0.717, 1.165) is 6.42 Å². The van der Waals surface area contributed by atoms with Crippen molar-refractivity contribution in [2.45, 2.75) is 19.9 Å². The third-order valence-electron chi connectivity index (χ3n) is 2.29. The number of rotatable bonds is 4.